The molecule has 0 N–H and O–H groups in total. The first-order chi connectivity index (χ1) is 10.7. The molecule has 0 fully saturated rings. The molecule has 0 amide bonds. The van der Waals surface area contributed by atoms with Crippen LogP contribution in [0.3, 0.4) is 0 Å². The van der Waals surface area contributed by atoms with E-state index in [1.54, 1.807) is 0 Å². The average molecular weight is 310 g/mol. The summed E-state index contributed by atoms with van der Waals surface area (Å²) in [6.45, 7) is 6.37. The van der Waals surface area contributed by atoms with Gasteiger partial charge in [-0.2, -0.15) is 11.8 Å². The van der Waals surface area contributed by atoms with Crippen molar-refractivity contribution < 1.29 is 4.57 Å². The summed E-state index contributed by atoms with van der Waals surface area (Å²) in [7, 11) is 0. The van der Waals surface area contributed by atoms with E-state index in [0.29, 0.717) is 5.25 Å². The first-order valence-corrected chi connectivity index (χ1v) is 8.85. The van der Waals surface area contributed by atoms with Crippen molar-refractivity contribution in [2.24, 2.45) is 0 Å². The number of aryl methyl sites for hydroxylation is 1. The van der Waals surface area contributed by atoms with Gasteiger partial charge in [-0.3, -0.25) is 0 Å². The van der Waals surface area contributed by atoms with E-state index in [2.05, 4.69) is 83.9 Å². The maximum absolute atomic E-state index is 3.53. The van der Waals surface area contributed by atoms with E-state index in [-0.39, 0.29) is 0 Å². The molecule has 0 unspecified atom stereocenters. The molecular weight excluding hydrogens is 288 g/mol. The summed E-state index contributed by atoms with van der Waals surface area (Å²) in [6.07, 6.45) is 3.53. The van der Waals surface area contributed by atoms with Crippen LogP contribution in [0.15, 0.2) is 54.6 Å². The Morgan fingerprint density at radius 3 is 2.55 bits per heavy atom. The van der Waals surface area contributed by atoms with Crippen LogP contribution < -0.4 is 4.57 Å². The lowest BCUT2D eigenvalue weighted by Crippen LogP contribution is -2.34. The molecule has 1 heterocycles. The van der Waals surface area contributed by atoms with Crippen LogP contribution in [0.4, 0.5) is 0 Å². The van der Waals surface area contributed by atoms with Gasteiger partial charge in [0.15, 0.2) is 0 Å². The van der Waals surface area contributed by atoms with Crippen molar-refractivity contribution in [3.63, 3.8) is 0 Å². The second-order valence-electron chi connectivity index (χ2n) is 5.73. The highest BCUT2D eigenvalue weighted by Gasteiger charge is 2.07. The maximum atomic E-state index is 3.53. The van der Waals surface area contributed by atoms with Crippen LogP contribution in [0.1, 0.15) is 19.4 Å². The van der Waals surface area contributed by atoms with Gasteiger partial charge >= 0.3 is 0 Å². The molecule has 0 saturated carbocycles. The molecular formula is C19H22N2S. The van der Waals surface area contributed by atoms with Crippen molar-refractivity contribution in [1.82, 2.24) is 4.57 Å². The molecule has 3 rings (SSSR count). The Balaban J connectivity index is 1.87. The third kappa shape index (κ3) is 3.53. The van der Waals surface area contributed by atoms with Crippen LogP contribution >= 0.6 is 11.8 Å². The largest absolute Gasteiger partial charge is 0.343 e. The highest BCUT2D eigenvalue weighted by Crippen LogP contribution is 2.14. The van der Waals surface area contributed by atoms with Crippen molar-refractivity contribution in [3.8, 4) is 0 Å². The molecule has 2 nitrogen and oxygen atoms in total. The van der Waals surface area contributed by atoms with Crippen LogP contribution in [0.5, 0.6) is 0 Å². The van der Waals surface area contributed by atoms with Gasteiger partial charge in [-0.25, -0.2) is 0 Å². The van der Waals surface area contributed by atoms with E-state index >= 15 is 0 Å². The Bertz CT molecular complexity index is 732. The van der Waals surface area contributed by atoms with Crippen LogP contribution in [0.2, 0.25) is 0 Å². The molecule has 3 aromatic rings. The highest BCUT2D eigenvalue weighted by atomic mass is 32.2. The molecule has 0 aliphatic carbocycles. The van der Waals surface area contributed by atoms with Gasteiger partial charge in [0.2, 0.25) is 6.33 Å². The fraction of sp³-hybridized carbons (Fsp3) is 0.316. The van der Waals surface area contributed by atoms with Gasteiger partial charge in [0, 0.05) is 16.8 Å². The van der Waals surface area contributed by atoms with E-state index in [0.717, 1.165) is 18.8 Å². The lowest BCUT2D eigenvalue weighted by molar-refractivity contribution is -0.671. The van der Waals surface area contributed by atoms with Crippen LogP contribution in [-0.4, -0.2) is 15.6 Å². The summed E-state index contributed by atoms with van der Waals surface area (Å²) in [5.41, 5.74) is 3.83. The number of aromatic nitrogens is 2. The number of hydrogen-bond donors (Lipinski definition) is 0. The average Bonchev–Trinajstić information content (AvgIpc) is 2.86. The van der Waals surface area contributed by atoms with E-state index < -0.39 is 0 Å². The molecule has 0 atom stereocenters. The third-order valence-corrected chi connectivity index (χ3v) is 4.74. The van der Waals surface area contributed by atoms with Crippen LogP contribution in [0, 0.1) is 6.33 Å². The maximum Gasteiger partial charge on any atom is 0.205 e. The number of rotatable bonds is 6. The quantitative estimate of drug-likeness (QED) is 0.495. The Morgan fingerprint density at radius 2 is 1.77 bits per heavy atom. The summed E-state index contributed by atoms with van der Waals surface area (Å²) in [6, 6.07) is 19.2. The smallest absolute Gasteiger partial charge is 0.205 e. The first kappa shape index (κ1) is 15.2. The molecule has 0 saturated heterocycles. The van der Waals surface area contributed by atoms with Gasteiger partial charge in [-0.1, -0.05) is 68.4 Å². The molecule has 2 aromatic carbocycles. The van der Waals surface area contributed by atoms with Crippen LogP contribution in [-0.2, 0) is 13.1 Å². The Kier molecular flexibility index (Phi) is 4.84. The summed E-state index contributed by atoms with van der Waals surface area (Å²) in [5.74, 6) is 1.12. The van der Waals surface area contributed by atoms with Gasteiger partial charge in [-0.05, 0) is 10.8 Å². The van der Waals surface area contributed by atoms with Crippen molar-refractivity contribution in [2.45, 2.75) is 32.2 Å². The third-order valence-electron chi connectivity index (χ3n) is 3.65. The SMILES string of the molecule is CC(C)SCC[n+]1[c-]n(Cc2ccccc2)c2ccccc21. The van der Waals surface area contributed by atoms with Crippen molar-refractivity contribution >= 4 is 22.8 Å². The Morgan fingerprint density at radius 1 is 1.05 bits per heavy atom. The molecule has 22 heavy (non-hydrogen) atoms. The number of fused-ring (bicyclic) bond motifs is 1. The number of thioether (sulfide) groups is 1. The van der Waals surface area contributed by atoms with Gasteiger partial charge in [0.25, 0.3) is 0 Å². The zero-order chi connectivity index (χ0) is 15.4. The topological polar surface area (TPSA) is 8.81 Å². The van der Waals surface area contributed by atoms with Crippen molar-refractivity contribution in [1.29, 1.82) is 0 Å². The zero-order valence-corrected chi connectivity index (χ0v) is 14.0. The monoisotopic (exact) mass is 310 g/mol. The molecule has 0 bridgehead atoms. The highest BCUT2D eigenvalue weighted by molar-refractivity contribution is 7.99. The molecule has 3 heteroatoms. The standard InChI is InChI=1S/C19H22N2S/c1-16(2)22-13-12-20-15-21(14-17-8-4-3-5-9-17)19-11-7-6-10-18(19)20/h3-11,16H,12-14H2,1-2H3. The number of para-hydroxylation sites is 2. The summed E-state index contributed by atoms with van der Waals surface area (Å²) >= 11 is 2.00. The molecule has 1 aromatic heterocycles. The summed E-state index contributed by atoms with van der Waals surface area (Å²) in [4.78, 5) is 0. The van der Waals surface area contributed by atoms with Crippen LogP contribution in [0.25, 0.3) is 11.0 Å². The van der Waals surface area contributed by atoms with Crippen molar-refractivity contribution in [3.05, 3.63) is 66.5 Å². The minimum atomic E-state index is 0.679. The van der Waals surface area contributed by atoms with Gasteiger partial charge in [-0.15, -0.1) is 0 Å². The minimum Gasteiger partial charge on any atom is -0.343 e. The molecule has 114 valence electrons. The second kappa shape index (κ2) is 7.01. The Hall–Kier alpha value is -1.74. The number of hydrogen-bond acceptors (Lipinski definition) is 1. The van der Waals surface area contributed by atoms with Gasteiger partial charge < -0.3 is 9.13 Å². The van der Waals surface area contributed by atoms with Crippen molar-refractivity contribution in [2.75, 3.05) is 5.75 Å². The molecule has 0 spiro atoms. The first-order valence-electron chi connectivity index (χ1n) is 7.80. The number of imidazole rings is 1. The Labute approximate surface area is 136 Å². The lowest BCUT2D eigenvalue weighted by atomic mass is 10.2. The van der Waals surface area contributed by atoms with E-state index in [1.165, 1.54) is 16.6 Å². The molecule has 0 aliphatic rings. The molecule has 0 aliphatic heterocycles. The van der Waals surface area contributed by atoms with Gasteiger partial charge in [0.1, 0.15) is 0 Å². The van der Waals surface area contributed by atoms with E-state index in [9.17, 15) is 0 Å². The zero-order valence-electron chi connectivity index (χ0n) is 13.2. The molecule has 0 radical (unpaired) electrons. The predicted molar refractivity (Wildman–Crippen MR) is 94.1 cm³/mol. The van der Waals surface area contributed by atoms with E-state index in [4.69, 9.17) is 0 Å². The summed E-state index contributed by atoms with van der Waals surface area (Å²) in [5, 5.41) is 0.679. The normalized spacial score (nSPS) is 11.4. The lowest BCUT2D eigenvalue weighted by Gasteiger charge is -2.05. The fourth-order valence-corrected chi connectivity index (χ4v) is 3.37. The fourth-order valence-electron chi connectivity index (χ4n) is 2.61. The minimum absolute atomic E-state index is 0.679. The number of benzene rings is 2. The second-order valence-corrected chi connectivity index (χ2v) is 7.42. The van der Waals surface area contributed by atoms with Gasteiger partial charge in [0.05, 0.1) is 13.1 Å². The summed E-state index contributed by atoms with van der Waals surface area (Å²) < 4.78 is 4.48. The van der Waals surface area contributed by atoms with E-state index in [1.807, 2.05) is 11.8 Å². The number of nitrogens with zero attached hydrogens (tertiary/aromatic N) is 2. The predicted octanol–water partition coefficient (Wildman–Crippen LogP) is 3.92.